The van der Waals surface area contributed by atoms with Crippen molar-refractivity contribution in [2.24, 2.45) is 10.8 Å². The van der Waals surface area contributed by atoms with Crippen LogP contribution in [0.15, 0.2) is 5.10 Å². The molecule has 0 atom stereocenters. The fourth-order valence-electron chi connectivity index (χ4n) is 2.26. The van der Waals surface area contributed by atoms with Crippen LogP contribution in [0.3, 0.4) is 0 Å². The molecule has 0 spiro atoms. The maximum atomic E-state index is 12.1. The Balaban J connectivity index is 2.71. The van der Waals surface area contributed by atoms with Gasteiger partial charge in [0, 0.05) is 0 Å². The molecule has 0 saturated carbocycles. The Kier molecular flexibility index (Phi) is 4.74. The first kappa shape index (κ1) is 16.9. The highest BCUT2D eigenvalue weighted by Gasteiger charge is 2.35. The minimum atomic E-state index is -0.608. The number of esters is 1. The number of anilines is 1. The average molecular weight is 333 g/mol. The van der Waals surface area contributed by atoms with E-state index in [4.69, 9.17) is 35.4 Å². The van der Waals surface area contributed by atoms with Gasteiger partial charge in [-0.3, -0.25) is 10.8 Å². The molecule has 24 heavy (non-hydrogen) atoms. The highest BCUT2D eigenvalue weighted by molar-refractivity contribution is 6.45. The van der Waals surface area contributed by atoms with Crippen molar-refractivity contribution in [3.05, 3.63) is 11.1 Å². The summed E-state index contributed by atoms with van der Waals surface area (Å²) in [6, 6.07) is 1.66. The van der Waals surface area contributed by atoms with Gasteiger partial charge in [0.1, 0.15) is 18.4 Å². The van der Waals surface area contributed by atoms with Crippen molar-refractivity contribution >= 4 is 23.2 Å². The molecule has 1 aliphatic heterocycles. The minimum Gasteiger partial charge on any atom is -0.492 e. The first-order chi connectivity index (χ1) is 11.5. The van der Waals surface area contributed by atoms with Gasteiger partial charge in [0.2, 0.25) is 11.5 Å². The van der Waals surface area contributed by atoms with E-state index in [0.717, 1.165) is 0 Å². The van der Waals surface area contributed by atoms with Gasteiger partial charge in [-0.15, -0.1) is 0 Å². The second-order valence-electron chi connectivity index (χ2n) is 4.50. The number of hydrogen-bond acceptors (Lipinski definition) is 9. The number of carbonyl (C=O) groups excluding carboxylic acids is 1. The van der Waals surface area contributed by atoms with Gasteiger partial charge < -0.3 is 24.7 Å². The standard InChI is InChI=1S/C14H15N5O5/c1-21-10-6-5-24-14(20)8(6)9(11(22-2)12(10)23-3)19-18-7(4-15)13(16)17/h19H,5H2,1-3H3,(H3,16,17)/b18-7+. The number of methoxy groups -OCH3 is 3. The Morgan fingerprint density at radius 2 is 1.92 bits per heavy atom. The third-order valence-electron chi connectivity index (χ3n) is 3.27. The molecule has 0 aromatic heterocycles. The number of nitrogens with zero attached hydrogens (tertiary/aromatic N) is 2. The summed E-state index contributed by atoms with van der Waals surface area (Å²) in [7, 11) is 4.21. The SMILES string of the molecule is COc1c2c(c(N/N=C(\C#N)C(=N)N)c(OC)c1OC)C(=O)OC2. The number of nitriles is 1. The van der Waals surface area contributed by atoms with Gasteiger partial charge >= 0.3 is 5.97 Å². The summed E-state index contributed by atoms with van der Waals surface area (Å²) in [6.07, 6.45) is 0. The lowest BCUT2D eigenvalue weighted by atomic mass is 10.0. The van der Waals surface area contributed by atoms with E-state index in [2.05, 4.69) is 10.5 Å². The maximum Gasteiger partial charge on any atom is 0.341 e. The van der Waals surface area contributed by atoms with Crippen molar-refractivity contribution in [3.8, 4) is 23.3 Å². The summed E-state index contributed by atoms with van der Waals surface area (Å²) in [5.74, 6) is -0.462. The largest absolute Gasteiger partial charge is 0.492 e. The second kappa shape index (κ2) is 6.74. The molecule has 0 radical (unpaired) electrons. The van der Waals surface area contributed by atoms with Gasteiger partial charge in [0.15, 0.2) is 17.3 Å². The fourth-order valence-corrected chi connectivity index (χ4v) is 2.26. The third kappa shape index (κ3) is 2.63. The lowest BCUT2D eigenvalue weighted by molar-refractivity contribution is 0.0534. The highest BCUT2D eigenvalue weighted by Crippen LogP contribution is 2.50. The highest BCUT2D eigenvalue weighted by atomic mass is 16.5. The Labute approximate surface area is 137 Å². The number of benzene rings is 1. The van der Waals surface area contributed by atoms with Crippen molar-refractivity contribution in [2.45, 2.75) is 6.61 Å². The molecule has 1 aromatic carbocycles. The summed E-state index contributed by atoms with van der Waals surface area (Å²) >= 11 is 0. The quantitative estimate of drug-likeness (QED) is 0.296. The molecule has 0 unspecified atom stereocenters. The second-order valence-corrected chi connectivity index (χ2v) is 4.50. The molecule has 0 bridgehead atoms. The van der Waals surface area contributed by atoms with Gasteiger partial charge in [-0.05, 0) is 0 Å². The number of amidine groups is 1. The number of carbonyl (C=O) groups is 1. The van der Waals surface area contributed by atoms with Crippen LogP contribution in [0.4, 0.5) is 5.69 Å². The van der Waals surface area contributed by atoms with E-state index in [-0.39, 0.29) is 35.1 Å². The predicted molar refractivity (Wildman–Crippen MR) is 83.8 cm³/mol. The lowest BCUT2D eigenvalue weighted by Gasteiger charge is -2.18. The molecule has 1 aliphatic rings. The molecule has 1 aromatic rings. The lowest BCUT2D eigenvalue weighted by Crippen LogP contribution is -2.22. The molecule has 2 rings (SSSR count). The Hall–Kier alpha value is -3.48. The molecular formula is C14H15N5O5. The zero-order valence-corrected chi connectivity index (χ0v) is 13.2. The van der Waals surface area contributed by atoms with E-state index in [1.54, 1.807) is 6.07 Å². The van der Waals surface area contributed by atoms with Crippen molar-refractivity contribution in [1.82, 2.24) is 0 Å². The number of ether oxygens (including phenoxy) is 4. The van der Waals surface area contributed by atoms with E-state index in [9.17, 15) is 4.79 Å². The topological polar surface area (TPSA) is 152 Å². The van der Waals surface area contributed by atoms with Crippen molar-refractivity contribution in [1.29, 1.82) is 10.7 Å². The van der Waals surface area contributed by atoms with Gasteiger partial charge in [0.25, 0.3) is 0 Å². The molecule has 0 fully saturated rings. The zero-order chi connectivity index (χ0) is 17.9. The normalized spacial score (nSPS) is 12.8. The molecule has 1 heterocycles. The van der Waals surface area contributed by atoms with E-state index in [1.165, 1.54) is 21.3 Å². The van der Waals surface area contributed by atoms with Crippen LogP contribution in [-0.4, -0.2) is 38.8 Å². The van der Waals surface area contributed by atoms with Gasteiger partial charge in [-0.25, -0.2) is 4.79 Å². The number of nitrogens with two attached hydrogens (primary N) is 1. The minimum absolute atomic E-state index is 0.00605. The number of fused-ring (bicyclic) bond motifs is 1. The van der Waals surface area contributed by atoms with Crippen molar-refractivity contribution in [3.63, 3.8) is 0 Å². The summed E-state index contributed by atoms with van der Waals surface area (Å²) in [6.45, 7) is -0.00605. The molecule has 10 heteroatoms. The molecule has 0 aliphatic carbocycles. The summed E-state index contributed by atoms with van der Waals surface area (Å²) in [5, 5.41) is 19.9. The van der Waals surface area contributed by atoms with Gasteiger partial charge in [0.05, 0.1) is 32.5 Å². The number of hydrazone groups is 1. The summed E-state index contributed by atoms with van der Waals surface area (Å²) in [5.41, 5.74) is 8.16. The van der Waals surface area contributed by atoms with E-state index in [1.807, 2.05) is 0 Å². The summed E-state index contributed by atoms with van der Waals surface area (Å²) < 4.78 is 20.9. The van der Waals surface area contributed by atoms with Crippen LogP contribution in [0.1, 0.15) is 15.9 Å². The van der Waals surface area contributed by atoms with Crippen LogP contribution in [0.5, 0.6) is 17.2 Å². The fraction of sp³-hybridized carbons (Fsp3) is 0.286. The number of hydrogen-bond donors (Lipinski definition) is 3. The third-order valence-corrected chi connectivity index (χ3v) is 3.27. The molecular weight excluding hydrogens is 318 g/mol. The zero-order valence-electron chi connectivity index (χ0n) is 13.2. The molecule has 0 saturated heterocycles. The number of rotatable bonds is 6. The number of cyclic esters (lactones) is 1. The van der Waals surface area contributed by atoms with Crippen LogP contribution in [0, 0.1) is 16.7 Å². The van der Waals surface area contributed by atoms with Crippen LogP contribution >= 0.6 is 0 Å². The Bertz CT molecular complexity index is 781. The van der Waals surface area contributed by atoms with Crippen LogP contribution in [0.25, 0.3) is 0 Å². The van der Waals surface area contributed by atoms with Crippen LogP contribution in [-0.2, 0) is 11.3 Å². The summed E-state index contributed by atoms with van der Waals surface area (Å²) in [4.78, 5) is 12.1. The smallest absolute Gasteiger partial charge is 0.341 e. The monoisotopic (exact) mass is 333 g/mol. The Morgan fingerprint density at radius 1 is 1.29 bits per heavy atom. The average Bonchev–Trinajstić information content (AvgIpc) is 2.95. The molecule has 0 amide bonds. The van der Waals surface area contributed by atoms with E-state index >= 15 is 0 Å². The van der Waals surface area contributed by atoms with E-state index < -0.39 is 11.8 Å². The predicted octanol–water partition coefficient (Wildman–Crippen LogP) is 0.610. The molecule has 10 nitrogen and oxygen atoms in total. The molecule has 126 valence electrons. The molecule has 4 N–H and O–H groups in total. The van der Waals surface area contributed by atoms with Gasteiger partial charge in [-0.2, -0.15) is 10.4 Å². The van der Waals surface area contributed by atoms with Crippen molar-refractivity contribution in [2.75, 3.05) is 26.8 Å². The Morgan fingerprint density at radius 3 is 2.42 bits per heavy atom. The van der Waals surface area contributed by atoms with Gasteiger partial charge in [-0.1, -0.05) is 0 Å². The van der Waals surface area contributed by atoms with Crippen LogP contribution < -0.4 is 25.4 Å². The first-order valence-electron chi connectivity index (χ1n) is 6.60. The maximum absolute atomic E-state index is 12.1. The first-order valence-corrected chi connectivity index (χ1v) is 6.60. The van der Waals surface area contributed by atoms with Crippen LogP contribution in [0.2, 0.25) is 0 Å². The number of nitrogens with one attached hydrogen (secondary N) is 2. The van der Waals surface area contributed by atoms with E-state index in [0.29, 0.717) is 11.3 Å². The van der Waals surface area contributed by atoms with Crippen molar-refractivity contribution < 1.29 is 23.7 Å².